The molecule has 5 heteroatoms. The van der Waals surface area contributed by atoms with Crippen LogP contribution in [0.5, 0.6) is 5.75 Å². The maximum absolute atomic E-state index is 12.1. The fraction of sp³-hybridized carbons (Fsp3) is 0.562. The van der Waals surface area contributed by atoms with E-state index in [1.54, 1.807) is 0 Å². The first-order chi connectivity index (χ1) is 10.1. The van der Waals surface area contributed by atoms with Gasteiger partial charge in [-0.3, -0.25) is 4.79 Å². The molecule has 1 saturated heterocycles. The molecule has 1 amide bonds. The highest BCUT2D eigenvalue weighted by Crippen LogP contribution is 2.19. The van der Waals surface area contributed by atoms with E-state index < -0.39 is 0 Å². The second-order valence-electron chi connectivity index (χ2n) is 5.86. The quantitative estimate of drug-likeness (QED) is 0.835. The topological polar surface area (TPSA) is 53.6 Å². The Bertz CT molecular complexity index is 459. The zero-order valence-electron chi connectivity index (χ0n) is 13.1. The number of hydrogen-bond acceptors (Lipinski definition) is 4. The molecule has 2 N–H and O–H groups in total. The third-order valence-electron chi connectivity index (χ3n) is 3.74. The Hall–Kier alpha value is -1.59. The van der Waals surface area contributed by atoms with E-state index in [0.717, 1.165) is 30.9 Å². The van der Waals surface area contributed by atoms with Crippen molar-refractivity contribution in [2.24, 2.45) is 5.92 Å². The first-order valence-corrected chi connectivity index (χ1v) is 7.48. The maximum Gasteiger partial charge on any atom is 0.241 e. The number of amides is 1. The van der Waals surface area contributed by atoms with Crippen LogP contribution < -0.4 is 15.4 Å². The van der Waals surface area contributed by atoms with E-state index in [9.17, 15) is 4.79 Å². The third-order valence-corrected chi connectivity index (χ3v) is 3.74. The van der Waals surface area contributed by atoms with Gasteiger partial charge in [-0.05, 0) is 57.2 Å². The summed E-state index contributed by atoms with van der Waals surface area (Å²) in [6.45, 7) is 4.55. The zero-order chi connectivity index (χ0) is 15.2. The van der Waals surface area contributed by atoms with Crippen molar-refractivity contribution >= 4 is 11.6 Å². The number of nitrogens with zero attached hydrogens (tertiary/aromatic N) is 1. The standard InChI is InChI=1S/C16H25N3O2/c1-12-8-9-17-15(12)16(20)18-13-4-6-14(7-5-13)21-11-10-19(2)3/h4-7,12,15,17H,8-11H2,1-3H3,(H,18,20). The van der Waals surface area contributed by atoms with Crippen molar-refractivity contribution in [2.75, 3.05) is 39.1 Å². The molecule has 2 rings (SSSR count). The lowest BCUT2D eigenvalue weighted by molar-refractivity contribution is -0.118. The van der Waals surface area contributed by atoms with Crippen molar-refractivity contribution < 1.29 is 9.53 Å². The van der Waals surface area contributed by atoms with Crippen LogP contribution in [-0.2, 0) is 4.79 Å². The molecule has 2 atom stereocenters. The van der Waals surface area contributed by atoms with Gasteiger partial charge in [0, 0.05) is 12.2 Å². The second-order valence-corrected chi connectivity index (χ2v) is 5.86. The maximum atomic E-state index is 12.1. The predicted molar refractivity (Wildman–Crippen MR) is 84.7 cm³/mol. The Morgan fingerprint density at radius 2 is 2.10 bits per heavy atom. The summed E-state index contributed by atoms with van der Waals surface area (Å²) in [5.41, 5.74) is 0.806. The summed E-state index contributed by atoms with van der Waals surface area (Å²) >= 11 is 0. The molecule has 1 heterocycles. The van der Waals surface area contributed by atoms with Crippen molar-refractivity contribution in [3.8, 4) is 5.75 Å². The van der Waals surface area contributed by atoms with Crippen LogP contribution in [0, 0.1) is 5.92 Å². The van der Waals surface area contributed by atoms with E-state index in [0.29, 0.717) is 12.5 Å². The molecule has 1 aliphatic heterocycles. The summed E-state index contributed by atoms with van der Waals surface area (Å²) in [7, 11) is 4.03. The van der Waals surface area contributed by atoms with Crippen LogP contribution in [-0.4, -0.2) is 50.6 Å². The van der Waals surface area contributed by atoms with Crippen molar-refractivity contribution in [3.05, 3.63) is 24.3 Å². The van der Waals surface area contributed by atoms with E-state index in [1.165, 1.54) is 0 Å². The summed E-state index contributed by atoms with van der Waals surface area (Å²) in [5, 5.41) is 6.19. The van der Waals surface area contributed by atoms with Crippen molar-refractivity contribution in [1.82, 2.24) is 10.2 Å². The molecule has 1 aliphatic rings. The van der Waals surface area contributed by atoms with Gasteiger partial charge in [0.2, 0.25) is 5.91 Å². The number of ether oxygens (including phenoxy) is 1. The number of rotatable bonds is 6. The minimum atomic E-state index is -0.0824. The largest absolute Gasteiger partial charge is 0.492 e. The molecule has 0 bridgehead atoms. The first kappa shape index (κ1) is 15.8. The van der Waals surface area contributed by atoms with E-state index in [-0.39, 0.29) is 11.9 Å². The van der Waals surface area contributed by atoms with Gasteiger partial charge >= 0.3 is 0 Å². The molecule has 0 aliphatic carbocycles. The van der Waals surface area contributed by atoms with Gasteiger partial charge in [0.1, 0.15) is 12.4 Å². The van der Waals surface area contributed by atoms with Gasteiger partial charge in [0.05, 0.1) is 6.04 Å². The van der Waals surface area contributed by atoms with Crippen molar-refractivity contribution in [3.63, 3.8) is 0 Å². The van der Waals surface area contributed by atoms with Crippen LogP contribution in [0.1, 0.15) is 13.3 Å². The van der Waals surface area contributed by atoms with E-state index in [2.05, 4.69) is 22.5 Å². The smallest absolute Gasteiger partial charge is 0.241 e. The van der Waals surface area contributed by atoms with E-state index >= 15 is 0 Å². The molecule has 0 saturated carbocycles. The molecule has 1 fully saturated rings. The number of carbonyl (C=O) groups is 1. The van der Waals surface area contributed by atoms with Crippen LogP contribution in [0.4, 0.5) is 5.69 Å². The summed E-state index contributed by atoms with van der Waals surface area (Å²) in [4.78, 5) is 14.2. The van der Waals surface area contributed by atoms with Crippen LogP contribution >= 0.6 is 0 Å². The molecule has 0 aromatic heterocycles. The Labute approximate surface area is 126 Å². The van der Waals surface area contributed by atoms with Gasteiger partial charge in [0.25, 0.3) is 0 Å². The molecular weight excluding hydrogens is 266 g/mol. The van der Waals surface area contributed by atoms with Crippen molar-refractivity contribution in [2.45, 2.75) is 19.4 Å². The number of carbonyl (C=O) groups excluding carboxylic acids is 1. The van der Waals surface area contributed by atoms with Gasteiger partial charge in [-0.2, -0.15) is 0 Å². The molecule has 2 unspecified atom stereocenters. The first-order valence-electron chi connectivity index (χ1n) is 7.48. The Kier molecular flexibility index (Phi) is 5.59. The molecule has 21 heavy (non-hydrogen) atoms. The highest BCUT2D eigenvalue weighted by molar-refractivity contribution is 5.95. The summed E-state index contributed by atoms with van der Waals surface area (Å²) in [6, 6.07) is 7.44. The lowest BCUT2D eigenvalue weighted by atomic mass is 10.0. The lowest BCUT2D eigenvalue weighted by Gasteiger charge is -2.16. The minimum absolute atomic E-state index is 0.0428. The van der Waals surface area contributed by atoms with Gasteiger partial charge in [-0.1, -0.05) is 6.92 Å². The highest BCUT2D eigenvalue weighted by atomic mass is 16.5. The van der Waals surface area contributed by atoms with Gasteiger partial charge in [-0.15, -0.1) is 0 Å². The molecule has 1 aromatic carbocycles. The lowest BCUT2D eigenvalue weighted by Crippen LogP contribution is -2.39. The van der Waals surface area contributed by atoms with Crippen LogP contribution in [0.3, 0.4) is 0 Å². The molecule has 0 spiro atoms. The zero-order valence-corrected chi connectivity index (χ0v) is 13.1. The average molecular weight is 291 g/mol. The number of hydrogen-bond donors (Lipinski definition) is 2. The normalized spacial score (nSPS) is 21.5. The summed E-state index contributed by atoms with van der Waals surface area (Å²) in [5.74, 6) is 1.25. The van der Waals surface area contributed by atoms with Crippen LogP contribution in [0.15, 0.2) is 24.3 Å². The Morgan fingerprint density at radius 3 is 2.67 bits per heavy atom. The molecule has 5 nitrogen and oxygen atoms in total. The van der Waals surface area contributed by atoms with Gasteiger partial charge < -0.3 is 20.3 Å². The molecule has 0 radical (unpaired) electrons. The van der Waals surface area contributed by atoms with Crippen LogP contribution in [0.25, 0.3) is 0 Å². The van der Waals surface area contributed by atoms with Crippen LogP contribution in [0.2, 0.25) is 0 Å². The molecule has 116 valence electrons. The van der Waals surface area contributed by atoms with Gasteiger partial charge in [0.15, 0.2) is 0 Å². The summed E-state index contributed by atoms with van der Waals surface area (Å²) < 4.78 is 5.63. The monoisotopic (exact) mass is 291 g/mol. The van der Waals surface area contributed by atoms with E-state index in [4.69, 9.17) is 4.74 Å². The third kappa shape index (κ3) is 4.72. The van der Waals surface area contributed by atoms with E-state index in [1.807, 2.05) is 38.4 Å². The number of anilines is 1. The molecule has 1 aromatic rings. The Morgan fingerprint density at radius 1 is 1.38 bits per heavy atom. The summed E-state index contributed by atoms with van der Waals surface area (Å²) in [6.07, 6.45) is 1.05. The second kappa shape index (κ2) is 7.43. The average Bonchev–Trinajstić information content (AvgIpc) is 2.87. The predicted octanol–water partition coefficient (Wildman–Crippen LogP) is 1.56. The van der Waals surface area contributed by atoms with Gasteiger partial charge in [-0.25, -0.2) is 0 Å². The SMILES string of the molecule is CC1CCNC1C(=O)Nc1ccc(OCCN(C)C)cc1. The fourth-order valence-corrected chi connectivity index (χ4v) is 2.39. The van der Waals surface area contributed by atoms with Crippen molar-refractivity contribution in [1.29, 1.82) is 0 Å². The number of nitrogens with one attached hydrogen (secondary N) is 2. The fourth-order valence-electron chi connectivity index (χ4n) is 2.39. The highest BCUT2D eigenvalue weighted by Gasteiger charge is 2.29. The minimum Gasteiger partial charge on any atom is -0.492 e. The number of likely N-dealkylation sites (N-methyl/N-ethyl adjacent to an activating group) is 1. The Balaban J connectivity index is 1.83. The molecular formula is C16H25N3O2. The number of benzene rings is 1.